The van der Waals surface area contributed by atoms with Crippen LogP contribution >= 0.6 is 0 Å². The van der Waals surface area contributed by atoms with Gasteiger partial charge in [0.25, 0.3) is 0 Å². The number of nitrogens with zero attached hydrogens (tertiary/aromatic N) is 1. The summed E-state index contributed by atoms with van der Waals surface area (Å²) in [6.45, 7) is 5.35. The van der Waals surface area contributed by atoms with Crippen LogP contribution in [0.15, 0.2) is 72.8 Å². The topological polar surface area (TPSA) is 60.0 Å². The zero-order valence-electron chi connectivity index (χ0n) is 24.5. The summed E-state index contributed by atoms with van der Waals surface area (Å²) in [5.74, 6) is 1.21. The van der Waals surface area contributed by atoms with E-state index in [-0.39, 0.29) is 18.8 Å². The minimum absolute atomic E-state index is 0.125. The van der Waals surface area contributed by atoms with E-state index in [1.54, 1.807) is 43.3 Å². The lowest BCUT2D eigenvalue weighted by Crippen LogP contribution is -2.33. The summed E-state index contributed by atoms with van der Waals surface area (Å²) in [4.78, 5) is 14.8. The van der Waals surface area contributed by atoms with Crippen molar-refractivity contribution in [1.82, 2.24) is 10.2 Å². The lowest BCUT2D eigenvalue weighted by atomic mass is 10.1. The first kappa shape index (κ1) is 32.6. The van der Waals surface area contributed by atoms with Crippen molar-refractivity contribution in [3.8, 4) is 11.5 Å². The third-order valence-corrected chi connectivity index (χ3v) is 8.06. The van der Waals surface area contributed by atoms with Gasteiger partial charge in [-0.2, -0.15) is 26.3 Å². The monoisotopic (exact) mass is 636 g/mol. The molecule has 1 saturated carbocycles. The van der Waals surface area contributed by atoms with Gasteiger partial charge < -0.3 is 19.5 Å². The summed E-state index contributed by atoms with van der Waals surface area (Å²) >= 11 is 0. The SMILES string of the molecule is CCOC(=O)[C@H](Cc1ccc(OCCNC2[C@H]3CN(Cc4ccc(C(F)(F)F)cc4)C[C@@H]23)cc1)Oc1ccc(C(F)(F)F)cc1. The molecular formula is C33H34F6N2O4. The molecule has 0 spiro atoms. The Hall–Kier alpha value is -3.77. The number of likely N-dealkylation sites (tertiary alicyclic amines) is 1. The molecule has 2 aliphatic rings. The summed E-state index contributed by atoms with van der Waals surface area (Å²) in [5.41, 5.74) is 0.188. The first-order valence-electron chi connectivity index (χ1n) is 14.7. The standard InChI is InChI=1S/C33H34F6N2O4/c1-2-43-31(42)29(45-26-13-9-24(10-14-26)33(37,38)39)17-21-5-11-25(12-6-21)44-16-15-40-30-27-19-41(20-28(27)30)18-22-3-7-23(8-4-22)32(34,35)36/h3-14,27-30,40H,2,15-20H2,1H3/t27-,28+,29-,30?/m0/s1. The summed E-state index contributed by atoms with van der Waals surface area (Å²) in [5, 5.41) is 3.53. The van der Waals surface area contributed by atoms with E-state index >= 15 is 0 Å². The minimum Gasteiger partial charge on any atom is -0.492 e. The fourth-order valence-electron chi connectivity index (χ4n) is 5.73. The fraction of sp³-hybridized carbons (Fsp3) is 0.424. The molecule has 0 bridgehead atoms. The molecular weight excluding hydrogens is 602 g/mol. The predicted molar refractivity (Wildman–Crippen MR) is 154 cm³/mol. The smallest absolute Gasteiger partial charge is 0.416 e. The number of ether oxygens (including phenoxy) is 3. The highest BCUT2D eigenvalue weighted by Gasteiger charge is 2.55. The van der Waals surface area contributed by atoms with Gasteiger partial charge in [0.15, 0.2) is 6.10 Å². The summed E-state index contributed by atoms with van der Waals surface area (Å²) in [6, 6.07) is 17.0. The largest absolute Gasteiger partial charge is 0.492 e. The second-order valence-corrected chi connectivity index (χ2v) is 11.3. The van der Waals surface area contributed by atoms with Crippen LogP contribution in [0.1, 0.15) is 29.2 Å². The van der Waals surface area contributed by atoms with Crippen molar-refractivity contribution in [2.24, 2.45) is 11.8 Å². The van der Waals surface area contributed by atoms with Crippen molar-refractivity contribution in [2.75, 3.05) is 32.8 Å². The molecule has 1 aliphatic heterocycles. The van der Waals surface area contributed by atoms with Gasteiger partial charge in [-0.25, -0.2) is 4.79 Å². The van der Waals surface area contributed by atoms with Crippen molar-refractivity contribution in [1.29, 1.82) is 0 Å². The zero-order chi connectivity index (χ0) is 32.2. The van der Waals surface area contributed by atoms with Gasteiger partial charge in [0, 0.05) is 38.6 Å². The van der Waals surface area contributed by atoms with Crippen LogP contribution in [-0.2, 0) is 34.8 Å². The Morgan fingerprint density at radius 1 is 0.822 bits per heavy atom. The number of fused-ring (bicyclic) bond motifs is 1. The Bertz CT molecular complexity index is 1400. The Morgan fingerprint density at radius 2 is 1.36 bits per heavy atom. The Kier molecular flexibility index (Phi) is 9.93. The van der Waals surface area contributed by atoms with Gasteiger partial charge in [0.2, 0.25) is 0 Å². The molecule has 0 radical (unpaired) electrons. The molecule has 3 aromatic carbocycles. The van der Waals surface area contributed by atoms with E-state index in [2.05, 4.69) is 10.2 Å². The van der Waals surface area contributed by atoms with Crippen LogP contribution in [0.3, 0.4) is 0 Å². The predicted octanol–water partition coefficient (Wildman–Crippen LogP) is 6.38. The molecule has 6 nitrogen and oxygen atoms in total. The summed E-state index contributed by atoms with van der Waals surface area (Å²) in [7, 11) is 0. The Morgan fingerprint density at radius 3 is 1.91 bits per heavy atom. The molecule has 12 heteroatoms. The van der Waals surface area contributed by atoms with Gasteiger partial charge in [-0.05, 0) is 78.4 Å². The number of benzene rings is 3. The van der Waals surface area contributed by atoms with E-state index in [1.807, 2.05) is 0 Å². The van der Waals surface area contributed by atoms with Gasteiger partial charge in [-0.15, -0.1) is 0 Å². The molecule has 3 aromatic rings. The number of carbonyl (C=O) groups is 1. The van der Waals surface area contributed by atoms with E-state index in [4.69, 9.17) is 14.2 Å². The normalized spacial score (nSPS) is 20.4. The molecule has 1 saturated heterocycles. The van der Waals surface area contributed by atoms with E-state index in [0.29, 0.717) is 43.3 Å². The number of carbonyl (C=O) groups excluding carboxylic acids is 1. The van der Waals surface area contributed by atoms with Crippen molar-refractivity contribution in [3.05, 3.63) is 95.1 Å². The van der Waals surface area contributed by atoms with Crippen molar-refractivity contribution >= 4 is 5.97 Å². The van der Waals surface area contributed by atoms with Gasteiger partial charge in [-0.1, -0.05) is 24.3 Å². The lowest BCUT2D eigenvalue weighted by Gasteiger charge is -2.20. The Balaban J connectivity index is 1.02. The molecule has 0 aromatic heterocycles. The third kappa shape index (κ3) is 8.70. The first-order chi connectivity index (χ1) is 21.4. The first-order valence-corrected chi connectivity index (χ1v) is 14.7. The quantitative estimate of drug-likeness (QED) is 0.134. The van der Waals surface area contributed by atoms with Crippen molar-refractivity contribution < 1.29 is 45.3 Å². The highest BCUT2D eigenvalue weighted by atomic mass is 19.4. The number of alkyl halides is 6. The number of halogens is 6. The molecule has 1 N–H and O–H groups in total. The molecule has 0 amide bonds. The molecule has 1 unspecified atom stereocenters. The van der Waals surface area contributed by atoms with E-state index in [1.165, 1.54) is 12.1 Å². The average Bonchev–Trinajstić information content (AvgIpc) is 3.44. The fourth-order valence-corrected chi connectivity index (χ4v) is 5.73. The average molecular weight is 637 g/mol. The Labute approximate surface area is 257 Å². The van der Waals surface area contributed by atoms with Crippen LogP contribution in [0.2, 0.25) is 0 Å². The number of piperidine rings is 1. The molecule has 242 valence electrons. The minimum atomic E-state index is -4.47. The van der Waals surface area contributed by atoms with Crippen LogP contribution in [0, 0.1) is 11.8 Å². The highest BCUT2D eigenvalue weighted by molar-refractivity contribution is 5.75. The molecule has 5 rings (SSSR count). The van der Waals surface area contributed by atoms with Crippen LogP contribution < -0.4 is 14.8 Å². The van der Waals surface area contributed by atoms with E-state index in [0.717, 1.165) is 48.5 Å². The van der Waals surface area contributed by atoms with E-state index in [9.17, 15) is 31.1 Å². The maximum absolute atomic E-state index is 12.9. The second kappa shape index (κ2) is 13.7. The van der Waals surface area contributed by atoms with Crippen LogP contribution in [0.25, 0.3) is 0 Å². The third-order valence-electron chi connectivity index (χ3n) is 8.06. The van der Waals surface area contributed by atoms with Gasteiger partial charge in [0.1, 0.15) is 18.1 Å². The van der Waals surface area contributed by atoms with Crippen LogP contribution in [0.5, 0.6) is 11.5 Å². The van der Waals surface area contributed by atoms with Crippen LogP contribution in [-0.4, -0.2) is 55.9 Å². The van der Waals surface area contributed by atoms with Crippen LogP contribution in [0.4, 0.5) is 26.3 Å². The van der Waals surface area contributed by atoms with Crippen molar-refractivity contribution in [3.63, 3.8) is 0 Å². The highest BCUT2D eigenvalue weighted by Crippen LogP contribution is 2.45. The molecule has 2 fully saturated rings. The maximum atomic E-state index is 12.9. The maximum Gasteiger partial charge on any atom is 0.416 e. The zero-order valence-corrected chi connectivity index (χ0v) is 24.5. The second-order valence-electron chi connectivity index (χ2n) is 11.3. The number of hydrogen-bond donors (Lipinski definition) is 1. The molecule has 45 heavy (non-hydrogen) atoms. The molecule has 1 heterocycles. The number of rotatable bonds is 13. The summed E-state index contributed by atoms with van der Waals surface area (Å²) in [6.07, 6.45) is -9.68. The summed E-state index contributed by atoms with van der Waals surface area (Å²) < 4.78 is 93.6. The number of nitrogens with one attached hydrogen (secondary N) is 1. The van der Waals surface area contributed by atoms with Gasteiger partial charge >= 0.3 is 18.3 Å². The lowest BCUT2D eigenvalue weighted by molar-refractivity contribution is -0.151. The molecule has 1 aliphatic carbocycles. The number of hydrogen-bond acceptors (Lipinski definition) is 6. The molecule has 4 atom stereocenters. The van der Waals surface area contributed by atoms with E-state index < -0.39 is 35.6 Å². The van der Waals surface area contributed by atoms with Crippen molar-refractivity contribution in [2.45, 2.75) is 44.4 Å². The van der Waals surface area contributed by atoms with Gasteiger partial charge in [0.05, 0.1) is 17.7 Å². The number of esters is 1. The van der Waals surface area contributed by atoms with Gasteiger partial charge in [-0.3, -0.25) is 4.90 Å².